The molecule has 1 atom stereocenters. The molecule has 0 aliphatic carbocycles. The second-order valence-electron chi connectivity index (χ2n) is 9.27. The van der Waals surface area contributed by atoms with Crippen LogP contribution in [0.4, 0.5) is 0 Å². The fourth-order valence-electron chi connectivity index (χ4n) is 4.99. The Hall–Kier alpha value is -2.83. The van der Waals surface area contributed by atoms with Gasteiger partial charge in [0.15, 0.2) is 5.96 Å². The predicted octanol–water partition coefficient (Wildman–Crippen LogP) is 6.25. The van der Waals surface area contributed by atoms with E-state index in [2.05, 4.69) is 47.1 Å². The third-order valence-corrected chi connectivity index (χ3v) is 6.82. The maximum Gasteiger partial charge on any atom is 0.249 e. The zero-order valence-electron chi connectivity index (χ0n) is 19.9. The van der Waals surface area contributed by atoms with Crippen molar-refractivity contribution in [3.63, 3.8) is 0 Å². The average Bonchev–Trinajstić information content (AvgIpc) is 3.56. The Labute approximate surface area is 196 Å². The first-order valence-electron chi connectivity index (χ1n) is 12.7. The molecule has 1 aromatic carbocycles. The summed E-state index contributed by atoms with van der Waals surface area (Å²) in [6.45, 7) is 4.03. The summed E-state index contributed by atoms with van der Waals surface area (Å²) in [4.78, 5) is 6.56. The molecule has 178 valence electrons. The lowest BCUT2D eigenvalue weighted by Crippen LogP contribution is -2.35. The van der Waals surface area contributed by atoms with E-state index in [1.807, 2.05) is 4.90 Å². The second kappa shape index (κ2) is 11.3. The lowest BCUT2D eigenvalue weighted by Gasteiger charge is -2.21. The maximum absolute atomic E-state index is 7.81. The van der Waals surface area contributed by atoms with Crippen LogP contribution in [0.25, 0.3) is 22.3 Å². The number of hydrogen-bond donors (Lipinski definition) is 2. The zero-order valence-corrected chi connectivity index (χ0v) is 19.9. The van der Waals surface area contributed by atoms with E-state index >= 15 is 0 Å². The summed E-state index contributed by atoms with van der Waals surface area (Å²) in [6.07, 6.45) is 16.0. The van der Waals surface area contributed by atoms with Gasteiger partial charge in [0.05, 0.1) is 0 Å². The van der Waals surface area contributed by atoms with Crippen LogP contribution in [-0.4, -0.2) is 32.1 Å². The highest BCUT2D eigenvalue weighted by Crippen LogP contribution is 2.34. The van der Waals surface area contributed by atoms with Gasteiger partial charge in [-0.3, -0.25) is 5.41 Å². The van der Waals surface area contributed by atoms with E-state index in [1.54, 1.807) is 0 Å². The van der Waals surface area contributed by atoms with Gasteiger partial charge in [0.2, 0.25) is 11.7 Å². The molecule has 1 fully saturated rings. The number of aryl methyl sites for hydroxylation is 1. The minimum Gasteiger partial charge on any atom is -0.370 e. The largest absolute Gasteiger partial charge is 0.370 e. The van der Waals surface area contributed by atoms with Gasteiger partial charge in [0, 0.05) is 35.8 Å². The molecule has 1 aliphatic heterocycles. The van der Waals surface area contributed by atoms with Crippen molar-refractivity contribution >= 4 is 16.9 Å². The molecule has 4 rings (SSSR count). The standard InChI is InChI=1S/C26H38N6O/c1-2-3-4-5-6-7-8-9-12-17-31-19-21(20-14-10-11-15-22(20)31)24-29-25(33-30-24)23-16-13-18-32(23)26(27)28/h10-11,14-15,19,23H,2-9,12-13,16-18H2,1H3,(H3,27,28). The number of rotatable bonds is 12. The van der Waals surface area contributed by atoms with E-state index in [1.165, 1.54) is 63.3 Å². The SMILES string of the molecule is CCCCCCCCCCCn1cc(-c2noc(C3CCCN3C(=N)N)n2)c2ccccc21. The maximum atomic E-state index is 7.81. The van der Waals surface area contributed by atoms with Crippen LogP contribution >= 0.6 is 0 Å². The van der Waals surface area contributed by atoms with Crippen LogP contribution in [0, 0.1) is 5.41 Å². The molecule has 7 nitrogen and oxygen atoms in total. The Bertz CT molecular complexity index is 1040. The first-order chi connectivity index (χ1) is 16.2. The predicted molar refractivity (Wildman–Crippen MR) is 133 cm³/mol. The Morgan fingerprint density at radius 3 is 2.58 bits per heavy atom. The van der Waals surface area contributed by atoms with E-state index < -0.39 is 0 Å². The van der Waals surface area contributed by atoms with Gasteiger partial charge in [-0.2, -0.15) is 4.98 Å². The van der Waals surface area contributed by atoms with Gasteiger partial charge in [-0.25, -0.2) is 0 Å². The topological polar surface area (TPSA) is 97.0 Å². The summed E-state index contributed by atoms with van der Waals surface area (Å²) in [6, 6.07) is 8.35. The van der Waals surface area contributed by atoms with Crippen LogP contribution in [0.5, 0.6) is 0 Å². The first-order valence-corrected chi connectivity index (χ1v) is 12.7. The van der Waals surface area contributed by atoms with Gasteiger partial charge in [0.1, 0.15) is 6.04 Å². The molecule has 0 spiro atoms. The minimum absolute atomic E-state index is 0.0646. The van der Waals surface area contributed by atoms with Crippen molar-refractivity contribution in [2.45, 2.75) is 90.1 Å². The quantitative estimate of drug-likeness (QED) is 0.193. The molecular formula is C26H38N6O. The monoisotopic (exact) mass is 450 g/mol. The molecular weight excluding hydrogens is 412 g/mol. The van der Waals surface area contributed by atoms with Crippen LogP contribution < -0.4 is 5.73 Å². The summed E-state index contributed by atoms with van der Waals surface area (Å²) >= 11 is 0. The Morgan fingerprint density at radius 2 is 1.82 bits per heavy atom. The van der Waals surface area contributed by atoms with Crippen LogP contribution in [0.1, 0.15) is 89.5 Å². The van der Waals surface area contributed by atoms with Gasteiger partial charge in [-0.15, -0.1) is 0 Å². The van der Waals surface area contributed by atoms with E-state index in [0.29, 0.717) is 11.7 Å². The number of nitrogens with one attached hydrogen (secondary N) is 1. The number of guanidine groups is 1. The summed E-state index contributed by atoms with van der Waals surface area (Å²) in [7, 11) is 0. The molecule has 1 saturated heterocycles. The summed E-state index contributed by atoms with van der Waals surface area (Å²) in [5.74, 6) is 1.23. The zero-order chi connectivity index (χ0) is 23.0. The fraction of sp³-hybridized carbons (Fsp3) is 0.577. The van der Waals surface area contributed by atoms with Gasteiger partial charge in [0.25, 0.3) is 0 Å². The number of para-hydroxylation sites is 1. The van der Waals surface area contributed by atoms with E-state index in [-0.39, 0.29) is 12.0 Å². The number of benzene rings is 1. The fourth-order valence-corrected chi connectivity index (χ4v) is 4.99. The average molecular weight is 451 g/mol. The smallest absolute Gasteiger partial charge is 0.249 e. The number of nitrogens with two attached hydrogens (primary N) is 1. The number of nitrogens with zero attached hydrogens (tertiary/aromatic N) is 4. The lowest BCUT2D eigenvalue weighted by molar-refractivity contribution is 0.283. The van der Waals surface area contributed by atoms with Gasteiger partial charge in [-0.1, -0.05) is 81.6 Å². The normalized spacial score (nSPS) is 16.2. The molecule has 2 aromatic heterocycles. The van der Waals surface area contributed by atoms with Crippen LogP contribution in [0.15, 0.2) is 35.0 Å². The molecule has 3 N–H and O–H groups in total. The van der Waals surface area contributed by atoms with Crippen LogP contribution in [0.2, 0.25) is 0 Å². The van der Waals surface area contributed by atoms with Crippen molar-refractivity contribution in [2.24, 2.45) is 5.73 Å². The molecule has 7 heteroatoms. The van der Waals surface area contributed by atoms with Crippen LogP contribution in [-0.2, 0) is 6.54 Å². The molecule has 3 heterocycles. The van der Waals surface area contributed by atoms with Crippen molar-refractivity contribution in [3.8, 4) is 11.4 Å². The van der Waals surface area contributed by atoms with Crippen molar-refractivity contribution in [1.29, 1.82) is 5.41 Å². The molecule has 1 unspecified atom stereocenters. The molecule has 33 heavy (non-hydrogen) atoms. The van der Waals surface area contributed by atoms with Crippen molar-refractivity contribution in [3.05, 3.63) is 36.4 Å². The van der Waals surface area contributed by atoms with E-state index in [0.717, 1.165) is 36.9 Å². The lowest BCUT2D eigenvalue weighted by atomic mass is 10.1. The number of likely N-dealkylation sites (tertiary alicyclic amines) is 1. The number of aromatic nitrogens is 3. The Balaban J connectivity index is 1.40. The highest BCUT2D eigenvalue weighted by atomic mass is 16.5. The number of fused-ring (bicyclic) bond motifs is 1. The second-order valence-corrected chi connectivity index (χ2v) is 9.27. The third-order valence-electron chi connectivity index (χ3n) is 6.82. The molecule has 0 radical (unpaired) electrons. The van der Waals surface area contributed by atoms with Crippen molar-refractivity contribution in [2.75, 3.05) is 6.54 Å². The van der Waals surface area contributed by atoms with Crippen molar-refractivity contribution in [1.82, 2.24) is 19.6 Å². The highest BCUT2D eigenvalue weighted by Gasteiger charge is 2.32. The van der Waals surface area contributed by atoms with Gasteiger partial charge < -0.3 is 19.7 Å². The van der Waals surface area contributed by atoms with Crippen molar-refractivity contribution < 1.29 is 4.52 Å². The molecule has 0 amide bonds. The number of unbranched alkanes of at least 4 members (excludes halogenated alkanes) is 8. The minimum atomic E-state index is -0.0981. The highest BCUT2D eigenvalue weighted by molar-refractivity contribution is 5.94. The van der Waals surface area contributed by atoms with Gasteiger partial charge in [-0.05, 0) is 25.3 Å². The van der Waals surface area contributed by atoms with E-state index in [4.69, 9.17) is 20.7 Å². The first kappa shape index (κ1) is 23.3. The molecule has 1 aliphatic rings. The number of hydrogen-bond acceptors (Lipinski definition) is 4. The summed E-state index contributed by atoms with van der Waals surface area (Å²) in [5, 5.41) is 13.3. The Kier molecular flexibility index (Phi) is 8.02. The van der Waals surface area contributed by atoms with E-state index in [9.17, 15) is 0 Å². The summed E-state index contributed by atoms with van der Waals surface area (Å²) < 4.78 is 7.97. The van der Waals surface area contributed by atoms with Crippen LogP contribution in [0.3, 0.4) is 0 Å². The van der Waals surface area contributed by atoms with Gasteiger partial charge >= 0.3 is 0 Å². The summed E-state index contributed by atoms with van der Waals surface area (Å²) in [5.41, 5.74) is 7.96. The molecule has 3 aromatic rings. The molecule has 0 bridgehead atoms. The molecule has 0 saturated carbocycles. The Morgan fingerprint density at radius 1 is 1.09 bits per heavy atom. The third kappa shape index (κ3) is 5.57.